The van der Waals surface area contributed by atoms with E-state index in [1.165, 1.54) is 55.5 Å². The largest absolute Gasteiger partial charge is 0.349 e. The van der Waals surface area contributed by atoms with Crippen LogP contribution in [0.2, 0.25) is 0 Å². The second-order valence-corrected chi connectivity index (χ2v) is 6.56. The fourth-order valence-electron chi connectivity index (χ4n) is 3.79. The van der Waals surface area contributed by atoms with Crippen molar-refractivity contribution in [3.8, 4) is 0 Å². The number of nitrogens with zero attached hydrogens (tertiary/aromatic N) is 1. The van der Waals surface area contributed by atoms with Gasteiger partial charge in [-0.05, 0) is 58.1 Å². The molecule has 114 valence electrons. The molecule has 0 radical (unpaired) electrons. The van der Waals surface area contributed by atoms with Gasteiger partial charge < -0.3 is 9.88 Å². The lowest BCUT2D eigenvalue weighted by atomic mass is 9.93. The van der Waals surface area contributed by atoms with E-state index in [4.69, 9.17) is 0 Å². The Morgan fingerprint density at radius 1 is 1.20 bits per heavy atom. The highest BCUT2D eigenvalue weighted by atomic mass is 15.0. The second kappa shape index (κ2) is 7.31. The number of hydrogen-bond donors (Lipinski definition) is 1. The molecule has 1 aliphatic rings. The van der Waals surface area contributed by atoms with Crippen LogP contribution in [-0.2, 0) is 13.1 Å². The maximum absolute atomic E-state index is 3.79. The lowest BCUT2D eigenvalue weighted by Crippen LogP contribution is -2.33. The highest BCUT2D eigenvalue weighted by Crippen LogP contribution is 2.26. The fraction of sp³-hybridized carbons (Fsp3) is 0.778. The highest BCUT2D eigenvalue weighted by Gasteiger charge is 2.19. The molecular formula is C18H32N2. The van der Waals surface area contributed by atoms with Gasteiger partial charge in [0.1, 0.15) is 0 Å². The molecule has 1 aromatic heterocycles. The van der Waals surface area contributed by atoms with Crippen LogP contribution in [0.4, 0.5) is 0 Å². The maximum atomic E-state index is 3.79. The average molecular weight is 276 g/mol. The van der Waals surface area contributed by atoms with Gasteiger partial charge in [-0.15, -0.1) is 0 Å². The molecule has 1 aromatic rings. The quantitative estimate of drug-likeness (QED) is 0.779. The van der Waals surface area contributed by atoms with E-state index < -0.39 is 0 Å². The van der Waals surface area contributed by atoms with E-state index >= 15 is 0 Å². The minimum atomic E-state index is 0.651. The van der Waals surface area contributed by atoms with Crippen molar-refractivity contribution in [2.45, 2.75) is 85.4 Å². The van der Waals surface area contributed by atoms with Crippen molar-refractivity contribution in [2.24, 2.45) is 5.92 Å². The zero-order chi connectivity index (χ0) is 14.5. The van der Waals surface area contributed by atoms with Crippen LogP contribution in [0.5, 0.6) is 0 Å². The van der Waals surface area contributed by atoms with Crippen molar-refractivity contribution in [2.75, 3.05) is 0 Å². The van der Waals surface area contributed by atoms with E-state index in [0.717, 1.165) is 19.0 Å². The molecule has 2 rings (SSSR count). The normalized spacial score (nSPS) is 19.0. The van der Waals surface area contributed by atoms with Crippen LogP contribution >= 0.6 is 0 Å². The smallest absolute Gasteiger partial charge is 0.0225 e. The molecule has 1 N–H and O–H groups in total. The van der Waals surface area contributed by atoms with Crippen molar-refractivity contribution in [1.29, 1.82) is 0 Å². The number of aromatic nitrogens is 1. The minimum absolute atomic E-state index is 0.651. The summed E-state index contributed by atoms with van der Waals surface area (Å²) in [6.45, 7) is 11.2. The Kier molecular flexibility index (Phi) is 5.71. The summed E-state index contributed by atoms with van der Waals surface area (Å²) in [6, 6.07) is 3.00. The van der Waals surface area contributed by atoms with Crippen molar-refractivity contribution in [3.63, 3.8) is 0 Å². The summed E-state index contributed by atoms with van der Waals surface area (Å²) in [6.07, 6.45) is 8.59. The Balaban J connectivity index is 1.91. The van der Waals surface area contributed by atoms with Crippen molar-refractivity contribution >= 4 is 0 Å². The van der Waals surface area contributed by atoms with Gasteiger partial charge in [-0.3, -0.25) is 0 Å². The summed E-state index contributed by atoms with van der Waals surface area (Å²) >= 11 is 0. The number of nitrogens with one attached hydrogen (secondary N) is 1. The van der Waals surface area contributed by atoms with Gasteiger partial charge in [-0.2, -0.15) is 0 Å². The van der Waals surface area contributed by atoms with Crippen LogP contribution < -0.4 is 5.32 Å². The van der Waals surface area contributed by atoms with Crippen LogP contribution in [0.15, 0.2) is 6.07 Å². The second-order valence-electron chi connectivity index (χ2n) is 6.56. The minimum Gasteiger partial charge on any atom is -0.349 e. The van der Waals surface area contributed by atoms with Gasteiger partial charge in [0, 0.05) is 30.5 Å². The maximum Gasteiger partial charge on any atom is 0.0225 e. The SMILES string of the molecule is CCn1c(C)cc(CN[C@H](C)C2CCCCCC2)c1C. The molecule has 1 aliphatic carbocycles. The van der Waals surface area contributed by atoms with E-state index in [1.54, 1.807) is 0 Å². The van der Waals surface area contributed by atoms with E-state index in [0.29, 0.717) is 6.04 Å². The van der Waals surface area contributed by atoms with Crippen molar-refractivity contribution in [1.82, 2.24) is 9.88 Å². The van der Waals surface area contributed by atoms with Crippen LogP contribution in [0.1, 0.15) is 69.3 Å². The first-order chi connectivity index (χ1) is 9.63. The Hall–Kier alpha value is -0.760. The molecule has 1 heterocycles. The van der Waals surface area contributed by atoms with Crippen LogP contribution in [0, 0.1) is 19.8 Å². The predicted octanol–water partition coefficient (Wildman–Crippen LogP) is 4.57. The van der Waals surface area contributed by atoms with Crippen LogP contribution in [0.25, 0.3) is 0 Å². The summed E-state index contributed by atoms with van der Waals surface area (Å²) in [4.78, 5) is 0. The monoisotopic (exact) mass is 276 g/mol. The molecule has 1 saturated carbocycles. The third kappa shape index (κ3) is 3.66. The first-order valence-corrected chi connectivity index (χ1v) is 8.52. The lowest BCUT2D eigenvalue weighted by Gasteiger charge is -2.23. The van der Waals surface area contributed by atoms with Crippen molar-refractivity contribution in [3.05, 3.63) is 23.0 Å². The van der Waals surface area contributed by atoms with Crippen LogP contribution in [0.3, 0.4) is 0 Å². The summed E-state index contributed by atoms with van der Waals surface area (Å²) < 4.78 is 2.41. The third-order valence-corrected chi connectivity index (χ3v) is 5.22. The molecule has 0 aliphatic heterocycles. The Morgan fingerprint density at radius 2 is 1.85 bits per heavy atom. The molecule has 1 fully saturated rings. The Labute approximate surface area is 125 Å². The summed E-state index contributed by atoms with van der Waals surface area (Å²) in [5.74, 6) is 0.882. The molecule has 2 nitrogen and oxygen atoms in total. The number of rotatable bonds is 5. The van der Waals surface area contributed by atoms with Gasteiger partial charge in [-0.1, -0.05) is 25.7 Å². The van der Waals surface area contributed by atoms with Crippen LogP contribution in [-0.4, -0.2) is 10.6 Å². The molecule has 1 atom stereocenters. The molecule has 20 heavy (non-hydrogen) atoms. The first kappa shape index (κ1) is 15.6. The number of hydrogen-bond acceptors (Lipinski definition) is 1. The number of aryl methyl sites for hydroxylation is 1. The molecule has 0 bridgehead atoms. The zero-order valence-corrected chi connectivity index (χ0v) is 13.8. The first-order valence-electron chi connectivity index (χ1n) is 8.52. The zero-order valence-electron chi connectivity index (χ0n) is 13.8. The molecule has 0 amide bonds. The van der Waals surface area contributed by atoms with E-state index in [-0.39, 0.29) is 0 Å². The standard InChI is InChI=1S/C18H32N2/c1-5-20-14(2)12-18(16(20)4)13-19-15(3)17-10-8-6-7-9-11-17/h12,15,17,19H,5-11,13H2,1-4H3/t15-/m1/s1. The Bertz CT molecular complexity index is 411. The van der Waals surface area contributed by atoms with Gasteiger partial charge in [0.2, 0.25) is 0 Å². The summed E-state index contributed by atoms with van der Waals surface area (Å²) in [5, 5.41) is 3.79. The average Bonchev–Trinajstić information content (AvgIpc) is 2.65. The molecule has 0 spiro atoms. The molecule has 0 saturated heterocycles. The predicted molar refractivity (Wildman–Crippen MR) is 87.1 cm³/mol. The van der Waals surface area contributed by atoms with Gasteiger partial charge >= 0.3 is 0 Å². The Morgan fingerprint density at radius 3 is 2.40 bits per heavy atom. The summed E-state index contributed by atoms with van der Waals surface area (Å²) in [7, 11) is 0. The van der Waals surface area contributed by atoms with E-state index in [2.05, 4.69) is 43.6 Å². The van der Waals surface area contributed by atoms with Gasteiger partial charge in [0.25, 0.3) is 0 Å². The van der Waals surface area contributed by atoms with Gasteiger partial charge in [-0.25, -0.2) is 0 Å². The molecular weight excluding hydrogens is 244 g/mol. The van der Waals surface area contributed by atoms with Gasteiger partial charge in [0.05, 0.1) is 0 Å². The van der Waals surface area contributed by atoms with E-state index in [9.17, 15) is 0 Å². The molecule has 0 unspecified atom stereocenters. The van der Waals surface area contributed by atoms with Crippen molar-refractivity contribution < 1.29 is 0 Å². The topological polar surface area (TPSA) is 17.0 Å². The lowest BCUT2D eigenvalue weighted by molar-refractivity contribution is 0.336. The third-order valence-electron chi connectivity index (χ3n) is 5.22. The fourth-order valence-corrected chi connectivity index (χ4v) is 3.79. The highest BCUT2D eigenvalue weighted by molar-refractivity contribution is 5.26. The van der Waals surface area contributed by atoms with Gasteiger partial charge in [0.15, 0.2) is 0 Å². The van der Waals surface area contributed by atoms with E-state index in [1.807, 2.05) is 0 Å². The molecule has 2 heteroatoms. The molecule has 0 aromatic carbocycles. The summed E-state index contributed by atoms with van der Waals surface area (Å²) in [5.41, 5.74) is 4.30.